The van der Waals surface area contributed by atoms with Crippen LogP contribution in [0, 0.1) is 0 Å². The molecule has 0 aliphatic carbocycles. The average Bonchev–Trinajstić information content (AvgIpc) is 2.05. The Morgan fingerprint density at radius 1 is 1.90 bits per heavy atom. The highest BCUT2D eigenvalue weighted by atomic mass is 16.5. The summed E-state index contributed by atoms with van der Waals surface area (Å²) in [4.78, 5) is 10.8. The molecule has 0 unspecified atom stereocenters. The van der Waals surface area contributed by atoms with Crippen LogP contribution < -0.4 is 5.43 Å². The second kappa shape index (κ2) is 3.20. The number of rotatable bonds is 1. The number of esters is 1. The maximum absolute atomic E-state index is 10.8. The van der Waals surface area contributed by atoms with Crippen molar-refractivity contribution >= 4 is 12.2 Å². The molecule has 56 valence electrons. The number of methoxy groups -OCH3 is 1. The molecule has 0 bridgehead atoms. The fourth-order valence-corrected chi connectivity index (χ4v) is 0.826. The Kier molecular flexibility index (Phi) is 2.25. The number of ether oxygens (including phenoxy) is 1. The van der Waals surface area contributed by atoms with Crippen LogP contribution >= 0.6 is 0 Å². The van der Waals surface area contributed by atoms with Crippen molar-refractivity contribution in [3.8, 4) is 0 Å². The topological polar surface area (TPSA) is 50.7 Å². The maximum atomic E-state index is 10.8. The lowest BCUT2D eigenvalue weighted by molar-refractivity contribution is -0.143. The van der Waals surface area contributed by atoms with E-state index in [2.05, 4.69) is 15.3 Å². The molecule has 1 N–H and O–H groups in total. The molecule has 1 aliphatic rings. The van der Waals surface area contributed by atoms with Gasteiger partial charge in [0.1, 0.15) is 6.04 Å². The van der Waals surface area contributed by atoms with E-state index in [1.807, 2.05) is 0 Å². The third-order valence-electron chi connectivity index (χ3n) is 1.39. The first-order valence-electron chi connectivity index (χ1n) is 3.19. The Balaban J connectivity index is 2.41. The lowest BCUT2D eigenvalue weighted by Crippen LogP contribution is -2.36. The van der Waals surface area contributed by atoms with Gasteiger partial charge in [0.05, 0.1) is 7.11 Å². The summed E-state index contributed by atoms with van der Waals surface area (Å²) in [7, 11) is 1.38. The first kappa shape index (κ1) is 7.05. The largest absolute Gasteiger partial charge is 0.467 e. The van der Waals surface area contributed by atoms with Crippen LogP contribution in [0.3, 0.4) is 0 Å². The zero-order valence-electron chi connectivity index (χ0n) is 5.83. The highest BCUT2D eigenvalue weighted by Crippen LogP contribution is 2.01. The SMILES string of the molecule is COC(=O)[C@H]1CCC=NN1. The standard InChI is InChI=1S/C6H10N2O2/c1-10-6(9)5-3-2-4-7-8-5/h4-5,8H,2-3H2,1H3/t5-/m1/s1. The molecule has 0 saturated heterocycles. The molecule has 0 saturated carbocycles. The van der Waals surface area contributed by atoms with Gasteiger partial charge in [-0.15, -0.1) is 0 Å². The molecule has 1 aliphatic heterocycles. The Bertz CT molecular complexity index is 156. The minimum Gasteiger partial charge on any atom is -0.467 e. The van der Waals surface area contributed by atoms with E-state index in [0.717, 1.165) is 12.8 Å². The predicted octanol–water partition coefficient (Wildman–Crippen LogP) is -0.103. The Morgan fingerprint density at radius 3 is 3.20 bits per heavy atom. The molecular weight excluding hydrogens is 132 g/mol. The van der Waals surface area contributed by atoms with E-state index in [1.54, 1.807) is 6.21 Å². The molecule has 1 atom stereocenters. The third kappa shape index (κ3) is 1.46. The van der Waals surface area contributed by atoms with Gasteiger partial charge >= 0.3 is 5.97 Å². The van der Waals surface area contributed by atoms with Crippen molar-refractivity contribution in [3.63, 3.8) is 0 Å². The fraction of sp³-hybridized carbons (Fsp3) is 0.667. The van der Waals surface area contributed by atoms with Gasteiger partial charge in [0.25, 0.3) is 0 Å². The van der Waals surface area contributed by atoms with Crippen molar-refractivity contribution < 1.29 is 9.53 Å². The van der Waals surface area contributed by atoms with E-state index in [4.69, 9.17) is 0 Å². The number of hydrogen-bond donors (Lipinski definition) is 1. The van der Waals surface area contributed by atoms with Crippen LogP contribution in [-0.2, 0) is 9.53 Å². The van der Waals surface area contributed by atoms with Crippen molar-refractivity contribution in [3.05, 3.63) is 0 Å². The quantitative estimate of drug-likeness (QED) is 0.520. The van der Waals surface area contributed by atoms with Crippen LogP contribution in [0.5, 0.6) is 0 Å². The molecule has 0 fully saturated rings. The average molecular weight is 142 g/mol. The number of hydrazone groups is 1. The van der Waals surface area contributed by atoms with E-state index in [1.165, 1.54) is 7.11 Å². The monoisotopic (exact) mass is 142 g/mol. The molecule has 0 aromatic rings. The normalized spacial score (nSPS) is 23.5. The number of carbonyl (C=O) groups is 1. The highest BCUT2D eigenvalue weighted by molar-refractivity contribution is 5.77. The number of nitrogens with one attached hydrogen (secondary N) is 1. The molecule has 10 heavy (non-hydrogen) atoms. The van der Waals surface area contributed by atoms with Crippen molar-refractivity contribution in [1.29, 1.82) is 0 Å². The van der Waals surface area contributed by atoms with Gasteiger partial charge in [-0.3, -0.25) is 5.43 Å². The third-order valence-corrected chi connectivity index (χ3v) is 1.39. The fourth-order valence-electron chi connectivity index (χ4n) is 0.826. The van der Waals surface area contributed by atoms with Gasteiger partial charge in [-0.05, 0) is 12.8 Å². The van der Waals surface area contributed by atoms with Crippen molar-refractivity contribution in [2.24, 2.45) is 5.10 Å². The van der Waals surface area contributed by atoms with E-state index in [0.29, 0.717) is 0 Å². The van der Waals surface area contributed by atoms with Crippen molar-refractivity contribution in [2.45, 2.75) is 18.9 Å². The predicted molar refractivity (Wildman–Crippen MR) is 36.7 cm³/mol. The van der Waals surface area contributed by atoms with Crippen LogP contribution in [-0.4, -0.2) is 25.3 Å². The van der Waals surface area contributed by atoms with Gasteiger partial charge in [0.15, 0.2) is 0 Å². The van der Waals surface area contributed by atoms with E-state index < -0.39 is 0 Å². The van der Waals surface area contributed by atoms with Gasteiger partial charge < -0.3 is 4.74 Å². The molecule has 4 heteroatoms. The molecule has 0 spiro atoms. The van der Waals surface area contributed by atoms with E-state index >= 15 is 0 Å². The lowest BCUT2D eigenvalue weighted by atomic mass is 10.1. The highest BCUT2D eigenvalue weighted by Gasteiger charge is 2.18. The molecule has 1 rings (SSSR count). The van der Waals surface area contributed by atoms with Crippen LogP contribution in [0.15, 0.2) is 5.10 Å². The summed E-state index contributed by atoms with van der Waals surface area (Å²) in [6.07, 6.45) is 3.36. The summed E-state index contributed by atoms with van der Waals surface area (Å²) in [6.45, 7) is 0. The number of carbonyl (C=O) groups excluding carboxylic acids is 1. The van der Waals surface area contributed by atoms with Gasteiger partial charge in [0.2, 0.25) is 0 Å². The van der Waals surface area contributed by atoms with Crippen LogP contribution in [0.4, 0.5) is 0 Å². The molecular formula is C6H10N2O2. The minimum absolute atomic E-state index is 0.239. The first-order valence-corrected chi connectivity index (χ1v) is 3.19. The summed E-state index contributed by atoms with van der Waals surface area (Å²) in [5.41, 5.74) is 2.66. The second-order valence-electron chi connectivity index (χ2n) is 2.09. The maximum Gasteiger partial charge on any atom is 0.329 e. The number of hydrogen-bond acceptors (Lipinski definition) is 4. The van der Waals surface area contributed by atoms with Crippen LogP contribution in [0.25, 0.3) is 0 Å². The molecule has 1 heterocycles. The summed E-state index contributed by atoms with van der Waals surface area (Å²) in [6, 6.07) is -0.241. The van der Waals surface area contributed by atoms with Gasteiger partial charge in [-0.25, -0.2) is 4.79 Å². The molecule has 4 nitrogen and oxygen atoms in total. The number of nitrogens with zero attached hydrogens (tertiary/aromatic N) is 1. The zero-order chi connectivity index (χ0) is 7.40. The van der Waals surface area contributed by atoms with Crippen molar-refractivity contribution in [2.75, 3.05) is 7.11 Å². The van der Waals surface area contributed by atoms with Gasteiger partial charge in [0, 0.05) is 6.21 Å². The minimum atomic E-state index is -0.241. The Hall–Kier alpha value is -1.06. The summed E-state index contributed by atoms with van der Waals surface area (Å²) < 4.78 is 4.51. The molecule has 0 aromatic heterocycles. The summed E-state index contributed by atoms with van der Waals surface area (Å²) in [5.74, 6) is -0.239. The first-order chi connectivity index (χ1) is 4.84. The molecule has 0 aromatic carbocycles. The van der Waals surface area contributed by atoms with Crippen LogP contribution in [0.1, 0.15) is 12.8 Å². The summed E-state index contributed by atoms with van der Waals surface area (Å²) >= 11 is 0. The Labute approximate surface area is 59.2 Å². The smallest absolute Gasteiger partial charge is 0.329 e. The second-order valence-corrected chi connectivity index (χ2v) is 2.09. The Morgan fingerprint density at radius 2 is 2.70 bits per heavy atom. The summed E-state index contributed by atoms with van der Waals surface area (Å²) in [5, 5.41) is 3.75. The molecule has 0 radical (unpaired) electrons. The van der Waals surface area contributed by atoms with E-state index in [-0.39, 0.29) is 12.0 Å². The van der Waals surface area contributed by atoms with Gasteiger partial charge in [-0.1, -0.05) is 0 Å². The van der Waals surface area contributed by atoms with E-state index in [9.17, 15) is 4.79 Å². The zero-order valence-corrected chi connectivity index (χ0v) is 5.83. The van der Waals surface area contributed by atoms with Gasteiger partial charge in [-0.2, -0.15) is 5.10 Å². The lowest BCUT2D eigenvalue weighted by Gasteiger charge is -2.15. The molecule has 0 amide bonds. The van der Waals surface area contributed by atoms with Crippen molar-refractivity contribution in [1.82, 2.24) is 5.43 Å². The van der Waals surface area contributed by atoms with Crippen LogP contribution in [0.2, 0.25) is 0 Å².